The molecule has 1 aromatic carbocycles. The molecule has 6 nitrogen and oxygen atoms in total. The third-order valence-corrected chi connectivity index (χ3v) is 5.88. The Morgan fingerprint density at radius 2 is 1.72 bits per heavy atom. The van der Waals surface area contributed by atoms with Crippen LogP contribution in [0.15, 0.2) is 18.2 Å². The van der Waals surface area contributed by atoms with Crippen LogP contribution in [0.1, 0.15) is 48.0 Å². The van der Waals surface area contributed by atoms with E-state index in [0.29, 0.717) is 39.1 Å². The third-order valence-electron chi connectivity index (χ3n) is 5.88. The molecule has 2 amide bonds. The Bertz CT molecular complexity index is 791. The first-order chi connectivity index (χ1) is 13.8. The fourth-order valence-corrected chi connectivity index (χ4v) is 3.92. The second-order valence-corrected chi connectivity index (χ2v) is 7.81. The molecule has 9 heteroatoms. The van der Waals surface area contributed by atoms with Crippen molar-refractivity contribution in [3.63, 3.8) is 0 Å². The van der Waals surface area contributed by atoms with Crippen molar-refractivity contribution in [2.24, 2.45) is 5.92 Å². The van der Waals surface area contributed by atoms with E-state index in [2.05, 4.69) is 5.32 Å². The molecular formula is C20H23F3N2O4. The number of likely N-dealkylation sites (tertiary alicyclic amines) is 1. The highest BCUT2D eigenvalue weighted by Gasteiger charge is 2.41. The summed E-state index contributed by atoms with van der Waals surface area (Å²) in [6.07, 6.45) is -1.27. The first kappa shape index (κ1) is 20.2. The Morgan fingerprint density at radius 3 is 2.28 bits per heavy atom. The van der Waals surface area contributed by atoms with Crippen LogP contribution in [-0.2, 0) is 20.4 Å². The second-order valence-electron chi connectivity index (χ2n) is 7.81. The van der Waals surface area contributed by atoms with Gasteiger partial charge < -0.3 is 19.7 Å². The number of rotatable bonds is 3. The van der Waals surface area contributed by atoms with Crippen LogP contribution < -0.4 is 5.32 Å². The number of piperidine rings is 1. The van der Waals surface area contributed by atoms with E-state index in [9.17, 15) is 22.8 Å². The molecule has 0 atom stereocenters. The number of amides is 2. The maximum atomic E-state index is 13.4. The van der Waals surface area contributed by atoms with Gasteiger partial charge in [0.25, 0.3) is 5.91 Å². The molecule has 0 aromatic heterocycles. The van der Waals surface area contributed by atoms with Crippen molar-refractivity contribution in [3.05, 3.63) is 29.3 Å². The van der Waals surface area contributed by atoms with Gasteiger partial charge in [0.15, 0.2) is 5.79 Å². The largest absolute Gasteiger partial charge is 0.416 e. The lowest BCUT2D eigenvalue weighted by atomic mass is 9.85. The monoisotopic (exact) mass is 412 g/mol. The number of benzene rings is 1. The van der Waals surface area contributed by atoms with E-state index in [4.69, 9.17) is 9.47 Å². The van der Waals surface area contributed by atoms with E-state index in [1.54, 1.807) is 0 Å². The van der Waals surface area contributed by atoms with Crippen molar-refractivity contribution in [1.82, 2.24) is 4.90 Å². The number of hydrogen-bond acceptors (Lipinski definition) is 4. The molecule has 3 aliphatic rings. The van der Waals surface area contributed by atoms with Gasteiger partial charge in [-0.05, 0) is 31.0 Å². The molecule has 2 saturated heterocycles. The molecule has 1 saturated carbocycles. The minimum absolute atomic E-state index is 0.00369. The van der Waals surface area contributed by atoms with Gasteiger partial charge in [0.1, 0.15) is 0 Å². The van der Waals surface area contributed by atoms with Crippen LogP contribution in [0.5, 0.6) is 0 Å². The molecule has 4 rings (SSSR count). The predicted molar refractivity (Wildman–Crippen MR) is 97.2 cm³/mol. The van der Waals surface area contributed by atoms with Crippen LogP contribution in [0.25, 0.3) is 0 Å². The molecule has 1 aliphatic carbocycles. The Kier molecular flexibility index (Phi) is 5.29. The summed E-state index contributed by atoms with van der Waals surface area (Å²) in [5.74, 6) is -1.65. The van der Waals surface area contributed by atoms with Gasteiger partial charge in [-0.25, -0.2) is 0 Å². The zero-order valence-corrected chi connectivity index (χ0v) is 15.9. The minimum atomic E-state index is -4.62. The molecule has 1 spiro atoms. The topological polar surface area (TPSA) is 67.9 Å². The number of alkyl halides is 3. The maximum absolute atomic E-state index is 13.4. The number of ether oxygens (including phenoxy) is 2. The summed E-state index contributed by atoms with van der Waals surface area (Å²) in [6, 6.07) is 3.04. The molecule has 1 N–H and O–H groups in total. The van der Waals surface area contributed by atoms with Crippen molar-refractivity contribution in [2.75, 3.05) is 31.6 Å². The summed E-state index contributed by atoms with van der Waals surface area (Å²) >= 11 is 0. The van der Waals surface area contributed by atoms with Crippen molar-refractivity contribution in [1.29, 1.82) is 0 Å². The molecule has 0 radical (unpaired) electrons. The van der Waals surface area contributed by atoms with Gasteiger partial charge in [-0.2, -0.15) is 13.2 Å². The molecule has 29 heavy (non-hydrogen) atoms. The van der Waals surface area contributed by atoms with Crippen LogP contribution in [-0.4, -0.2) is 48.8 Å². The number of carbonyl (C=O) groups excluding carboxylic acids is 2. The van der Waals surface area contributed by atoms with E-state index < -0.39 is 23.4 Å². The van der Waals surface area contributed by atoms with Crippen molar-refractivity contribution in [2.45, 2.75) is 44.1 Å². The summed E-state index contributed by atoms with van der Waals surface area (Å²) in [4.78, 5) is 26.6. The fourth-order valence-electron chi connectivity index (χ4n) is 3.92. The van der Waals surface area contributed by atoms with E-state index in [-0.39, 0.29) is 23.1 Å². The highest BCUT2D eigenvalue weighted by Crippen LogP contribution is 2.35. The van der Waals surface area contributed by atoms with Crippen LogP contribution in [0.2, 0.25) is 0 Å². The lowest BCUT2D eigenvalue weighted by molar-refractivity contribution is -0.181. The van der Waals surface area contributed by atoms with Crippen LogP contribution in [0.4, 0.5) is 18.9 Å². The summed E-state index contributed by atoms with van der Waals surface area (Å²) in [7, 11) is 0. The number of hydrogen-bond donors (Lipinski definition) is 1. The van der Waals surface area contributed by atoms with Gasteiger partial charge in [0, 0.05) is 43.1 Å². The molecule has 0 bridgehead atoms. The normalized spacial score (nSPS) is 21.8. The quantitative estimate of drug-likeness (QED) is 0.826. The van der Waals surface area contributed by atoms with Crippen molar-refractivity contribution >= 4 is 17.5 Å². The van der Waals surface area contributed by atoms with Gasteiger partial charge in [0.05, 0.1) is 18.8 Å². The predicted octanol–water partition coefficient (Wildman–Crippen LogP) is 3.42. The van der Waals surface area contributed by atoms with E-state index in [0.717, 1.165) is 31.4 Å². The first-order valence-corrected chi connectivity index (χ1v) is 9.86. The zero-order valence-electron chi connectivity index (χ0n) is 15.9. The Balaban J connectivity index is 1.52. The summed E-state index contributed by atoms with van der Waals surface area (Å²) in [6.45, 7) is 1.68. The van der Waals surface area contributed by atoms with Gasteiger partial charge in [-0.1, -0.05) is 6.42 Å². The highest BCUT2D eigenvalue weighted by atomic mass is 19.4. The molecule has 1 aromatic rings. The van der Waals surface area contributed by atoms with Crippen LogP contribution >= 0.6 is 0 Å². The first-order valence-electron chi connectivity index (χ1n) is 9.86. The minimum Gasteiger partial charge on any atom is -0.347 e. The molecule has 0 unspecified atom stereocenters. The van der Waals surface area contributed by atoms with E-state index >= 15 is 0 Å². The van der Waals surface area contributed by atoms with Crippen molar-refractivity contribution in [3.8, 4) is 0 Å². The lowest BCUT2D eigenvalue weighted by Gasteiger charge is -2.37. The molecule has 3 fully saturated rings. The number of carbonyl (C=O) groups is 2. The smallest absolute Gasteiger partial charge is 0.347 e. The number of nitrogens with one attached hydrogen (secondary N) is 1. The standard InChI is InChI=1S/C20H23F3N2O4/c21-20(22,23)15-10-14(11-16(12-15)24-17(26)13-2-1-3-13)18(27)25-6-4-19(5-7-25)28-8-9-29-19/h10-13H,1-9H2,(H,24,26). The van der Waals surface area contributed by atoms with Crippen molar-refractivity contribution < 1.29 is 32.2 Å². The maximum Gasteiger partial charge on any atom is 0.416 e. The number of nitrogens with zero attached hydrogens (tertiary/aromatic N) is 1. The second kappa shape index (κ2) is 7.60. The molecule has 2 heterocycles. The van der Waals surface area contributed by atoms with Gasteiger partial charge in [-0.3, -0.25) is 9.59 Å². The highest BCUT2D eigenvalue weighted by molar-refractivity contribution is 5.98. The summed E-state index contributed by atoms with van der Waals surface area (Å²) in [5, 5.41) is 2.54. The summed E-state index contributed by atoms with van der Waals surface area (Å²) in [5.41, 5.74) is -1.05. The molecule has 2 aliphatic heterocycles. The Labute approximate surface area is 166 Å². The lowest BCUT2D eigenvalue weighted by Crippen LogP contribution is -2.47. The van der Waals surface area contributed by atoms with Gasteiger partial charge >= 0.3 is 6.18 Å². The van der Waals surface area contributed by atoms with Gasteiger partial charge in [0.2, 0.25) is 5.91 Å². The average molecular weight is 412 g/mol. The fraction of sp³-hybridized carbons (Fsp3) is 0.600. The Hall–Kier alpha value is -2.13. The third kappa shape index (κ3) is 4.25. The Morgan fingerprint density at radius 1 is 1.07 bits per heavy atom. The van der Waals surface area contributed by atoms with E-state index in [1.807, 2.05) is 0 Å². The zero-order chi connectivity index (χ0) is 20.6. The van der Waals surface area contributed by atoms with Crippen LogP contribution in [0.3, 0.4) is 0 Å². The molecular weight excluding hydrogens is 389 g/mol. The average Bonchev–Trinajstić information content (AvgIpc) is 3.07. The van der Waals surface area contributed by atoms with Crippen LogP contribution in [0, 0.1) is 5.92 Å². The SMILES string of the molecule is O=C(Nc1cc(C(=O)N2CCC3(CC2)OCCO3)cc(C(F)(F)F)c1)C1CCC1. The summed E-state index contributed by atoms with van der Waals surface area (Å²) < 4.78 is 51.3. The van der Waals surface area contributed by atoms with Gasteiger partial charge in [-0.15, -0.1) is 0 Å². The van der Waals surface area contributed by atoms with E-state index in [1.165, 1.54) is 11.0 Å². The number of halogens is 3. The molecule has 158 valence electrons. The number of anilines is 1.